The summed E-state index contributed by atoms with van der Waals surface area (Å²) in [4.78, 5) is 4.14. The SMILES string of the molecule is CC(CC(F)F)NC1=NCCC1. The van der Waals surface area contributed by atoms with E-state index < -0.39 is 6.43 Å². The van der Waals surface area contributed by atoms with Crippen molar-refractivity contribution in [1.82, 2.24) is 5.32 Å². The zero-order chi connectivity index (χ0) is 8.97. The van der Waals surface area contributed by atoms with Gasteiger partial charge in [0.05, 0.1) is 5.84 Å². The van der Waals surface area contributed by atoms with E-state index in [0.717, 1.165) is 25.2 Å². The van der Waals surface area contributed by atoms with Crippen LogP contribution in [0.3, 0.4) is 0 Å². The molecule has 0 aliphatic carbocycles. The number of alkyl halides is 2. The molecule has 0 saturated heterocycles. The van der Waals surface area contributed by atoms with E-state index in [-0.39, 0.29) is 12.5 Å². The van der Waals surface area contributed by atoms with E-state index in [1.807, 2.05) is 0 Å². The summed E-state index contributed by atoms with van der Waals surface area (Å²) in [6.45, 7) is 2.59. The molecule has 0 aromatic rings. The highest BCUT2D eigenvalue weighted by Gasteiger charge is 2.13. The van der Waals surface area contributed by atoms with Gasteiger partial charge in [0.2, 0.25) is 6.43 Å². The van der Waals surface area contributed by atoms with E-state index in [1.54, 1.807) is 6.92 Å². The van der Waals surface area contributed by atoms with E-state index in [2.05, 4.69) is 10.3 Å². The van der Waals surface area contributed by atoms with Crippen LogP contribution in [0.4, 0.5) is 8.78 Å². The van der Waals surface area contributed by atoms with Crippen LogP contribution in [0.2, 0.25) is 0 Å². The third-order valence-electron chi connectivity index (χ3n) is 1.82. The van der Waals surface area contributed by atoms with Crippen LogP contribution in [-0.4, -0.2) is 24.8 Å². The first-order valence-electron chi connectivity index (χ1n) is 4.26. The fraction of sp³-hybridized carbons (Fsp3) is 0.875. The van der Waals surface area contributed by atoms with Gasteiger partial charge >= 0.3 is 0 Å². The molecule has 1 atom stereocenters. The van der Waals surface area contributed by atoms with Crippen molar-refractivity contribution in [1.29, 1.82) is 0 Å². The van der Waals surface area contributed by atoms with Crippen molar-refractivity contribution in [3.63, 3.8) is 0 Å². The third-order valence-corrected chi connectivity index (χ3v) is 1.82. The summed E-state index contributed by atoms with van der Waals surface area (Å²) in [5.74, 6) is 0.892. The lowest BCUT2D eigenvalue weighted by atomic mass is 10.2. The Bertz CT molecular complexity index is 168. The predicted molar refractivity (Wildman–Crippen MR) is 44.8 cm³/mol. The average Bonchev–Trinajstić information content (AvgIpc) is 2.37. The van der Waals surface area contributed by atoms with E-state index in [0.29, 0.717) is 0 Å². The van der Waals surface area contributed by atoms with Gasteiger partial charge in [0.25, 0.3) is 0 Å². The van der Waals surface area contributed by atoms with Crippen molar-refractivity contribution in [2.45, 2.75) is 38.7 Å². The van der Waals surface area contributed by atoms with Gasteiger partial charge in [-0.2, -0.15) is 0 Å². The van der Waals surface area contributed by atoms with Gasteiger partial charge in [-0.05, 0) is 13.3 Å². The zero-order valence-corrected chi connectivity index (χ0v) is 7.19. The molecule has 4 heteroatoms. The van der Waals surface area contributed by atoms with Gasteiger partial charge in [0, 0.05) is 25.4 Å². The Morgan fingerprint density at radius 1 is 1.58 bits per heavy atom. The number of nitrogens with zero attached hydrogens (tertiary/aromatic N) is 1. The van der Waals surface area contributed by atoms with Crippen LogP contribution in [0.15, 0.2) is 4.99 Å². The van der Waals surface area contributed by atoms with E-state index >= 15 is 0 Å². The van der Waals surface area contributed by atoms with E-state index in [9.17, 15) is 8.78 Å². The van der Waals surface area contributed by atoms with Crippen LogP contribution in [-0.2, 0) is 0 Å². The molecule has 2 nitrogen and oxygen atoms in total. The summed E-state index contributed by atoms with van der Waals surface area (Å²) in [6, 6.07) is -0.165. The van der Waals surface area contributed by atoms with Crippen molar-refractivity contribution in [3.8, 4) is 0 Å². The number of hydrogen-bond acceptors (Lipinski definition) is 2. The standard InChI is InChI=1S/C8H14F2N2/c1-6(5-7(9)10)12-8-3-2-4-11-8/h6-7H,2-5H2,1H3,(H,11,12). The monoisotopic (exact) mass is 176 g/mol. The summed E-state index contributed by atoms with van der Waals surface area (Å²) in [5.41, 5.74) is 0. The Labute approximate surface area is 71.1 Å². The van der Waals surface area contributed by atoms with Crippen LogP contribution < -0.4 is 5.32 Å². The molecule has 0 aromatic heterocycles. The second-order valence-corrected chi connectivity index (χ2v) is 3.10. The Morgan fingerprint density at radius 2 is 2.33 bits per heavy atom. The Balaban J connectivity index is 2.21. The third kappa shape index (κ3) is 3.15. The molecule has 0 bridgehead atoms. The quantitative estimate of drug-likeness (QED) is 0.696. The zero-order valence-electron chi connectivity index (χ0n) is 7.19. The number of nitrogens with one attached hydrogen (secondary N) is 1. The molecule has 0 fully saturated rings. The highest BCUT2D eigenvalue weighted by atomic mass is 19.3. The lowest BCUT2D eigenvalue weighted by Gasteiger charge is -2.13. The van der Waals surface area contributed by atoms with Crippen LogP contribution >= 0.6 is 0 Å². The van der Waals surface area contributed by atoms with Gasteiger partial charge in [-0.1, -0.05) is 0 Å². The molecular formula is C8H14F2N2. The number of aliphatic imine (C=N–C) groups is 1. The molecule has 1 rings (SSSR count). The van der Waals surface area contributed by atoms with Crippen molar-refractivity contribution in [3.05, 3.63) is 0 Å². The van der Waals surface area contributed by atoms with Crippen molar-refractivity contribution >= 4 is 5.84 Å². The molecular weight excluding hydrogens is 162 g/mol. The van der Waals surface area contributed by atoms with Crippen LogP contribution in [0, 0.1) is 0 Å². The van der Waals surface area contributed by atoms with E-state index in [1.165, 1.54) is 0 Å². The topological polar surface area (TPSA) is 24.4 Å². The first-order chi connectivity index (χ1) is 5.68. The van der Waals surface area contributed by atoms with Gasteiger partial charge in [0.1, 0.15) is 0 Å². The summed E-state index contributed by atoms with van der Waals surface area (Å²) in [6.07, 6.45) is -0.370. The number of halogens is 2. The molecule has 0 spiro atoms. The molecule has 70 valence electrons. The Hall–Kier alpha value is -0.670. The van der Waals surface area contributed by atoms with Crippen molar-refractivity contribution in [2.24, 2.45) is 4.99 Å². The minimum absolute atomic E-state index is 0.0982. The molecule has 0 aromatic carbocycles. The van der Waals surface area contributed by atoms with Crippen LogP contribution in [0.1, 0.15) is 26.2 Å². The van der Waals surface area contributed by atoms with Gasteiger partial charge < -0.3 is 5.32 Å². The summed E-state index contributed by atoms with van der Waals surface area (Å²) in [7, 11) is 0. The van der Waals surface area contributed by atoms with Gasteiger partial charge in [-0.25, -0.2) is 8.78 Å². The largest absolute Gasteiger partial charge is 0.371 e. The molecule has 12 heavy (non-hydrogen) atoms. The predicted octanol–water partition coefficient (Wildman–Crippen LogP) is 1.81. The Kier molecular flexibility index (Phi) is 3.44. The second-order valence-electron chi connectivity index (χ2n) is 3.10. The van der Waals surface area contributed by atoms with Gasteiger partial charge in [0.15, 0.2) is 0 Å². The van der Waals surface area contributed by atoms with E-state index in [4.69, 9.17) is 0 Å². The molecule has 0 saturated carbocycles. The maximum atomic E-state index is 11.9. The summed E-state index contributed by atoms with van der Waals surface area (Å²) in [5, 5.41) is 2.98. The number of amidine groups is 1. The maximum absolute atomic E-state index is 11.9. The lowest BCUT2D eigenvalue weighted by Crippen LogP contribution is -2.32. The van der Waals surface area contributed by atoms with Crippen LogP contribution in [0.25, 0.3) is 0 Å². The minimum atomic E-state index is -2.23. The molecule has 1 unspecified atom stereocenters. The highest BCUT2D eigenvalue weighted by molar-refractivity contribution is 5.83. The fourth-order valence-electron chi connectivity index (χ4n) is 1.27. The molecule has 1 heterocycles. The lowest BCUT2D eigenvalue weighted by molar-refractivity contribution is 0.128. The molecule has 1 aliphatic rings. The average molecular weight is 176 g/mol. The smallest absolute Gasteiger partial charge is 0.240 e. The molecule has 1 aliphatic heterocycles. The fourth-order valence-corrected chi connectivity index (χ4v) is 1.27. The van der Waals surface area contributed by atoms with Gasteiger partial charge in [-0.15, -0.1) is 0 Å². The summed E-state index contributed by atoms with van der Waals surface area (Å²) >= 11 is 0. The first kappa shape index (κ1) is 9.42. The second kappa shape index (κ2) is 4.38. The van der Waals surface area contributed by atoms with Gasteiger partial charge in [-0.3, -0.25) is 4.99 Å². The highest BCUT2D eigenvalue weighted by Crippen LogP contribution is 2.06. The molecule has 0 amide bonds. The minimum Gasteiger partial charge on any atom is -0.371 e. The van der Waals surface area contributed by atoms with Crippen molar-refractivity contribution < 1.29 is 8.78 Å². The van der Waals surface area contributed by atoms with Crippen LogP contribution in [0.5, 0.6) is 0 Å². The van der Waals surface area contributed by atoms with Crippen molar-refractivity contribution in [2.75, 3.05) is 6.54 Å². The molecule has 0 radical (unpaired) electrons. The number of hydrogen-bond donors (Lipinski definition) is 1. The number of rotatable bonds is 3. The maximum Gasteiger partial charge on any atom is 0.240 e. The Morgan fingerprint density at radius 3 is 2.83 bits per heavy atom. The molecule has 1 N–H and O–H groups in total. The summed E-state index contributed by atoms with van der Waals surface area (Å²) < 4.78 is 23.8. The first-order valence-corrected chi connectivity index (χ1v) is 4.26. The normalized spacial score (nSPS) is 19.5.